The second-order valence-corrected chi connectivity index (χ2v) is 14.9. The van der Waals surface area contributed by atoms with E-state index in [9.17, 15) is 4.79 Å². The average Bonchev–Trinajstić information content (AvgIpc) is 3.68. The maximum Gasteiger partial charge on any atom is 0.414 e. The Morgan fingerprint density at radius 3 is 2.29 bits per heavy atom. The highest BCUT2D eigenvalue weighted by Crippen LogP contribution is 2.69. The summed E-state index contributed by atoms with van der Waals surface area (Å²) < 4.78 is 31.0. The summed E-state index contributed by atoms with van der Waals surface area (Å²) >= 11 is 0. The first kappa shape index (κ1) is 28.6. The van der Waals surface area contributed by atoms with Crippen molar-refractivity contribution < 1.29 is 28.5 Å². The van der Waals surface area contributed by atoms with E-state index in [0.717, 1.165) is 44.2 Å². The highest BCUT2D eigenvalue weighted by atomic mass is 16.7. The molecule has 1 aromatic carbocycles. The van der Waals surface area contributed by atoms with Gasteiger partial charge in [0.1, 0.15) is 5.60 Å². The molecule has 4 fully saturated rings. The lowest BCUT2D eigenvalue weighted by Gasteiger charge is -2.59. The predicted molar refractivity (Wildman–Crippen MR) is 161 cm³/mol. The molecule has 0 N–H and O–H groups in total. The molecule has 7 nitrogen and oxygen atoms in total. The quantitative estimate of drug-likeness (QED) is 0.349. The zero-order valence-electron chi connectivity index (χ0n) is 26.2. The van der Waals surface area contributed by atoms with E-state index in [1.165, 1.54) is 16.7 Å². The van der Waals surface area contributed by atoms with E-state index in [1.807, 2.05) is 20.8 Å². The van der Waals surface area contributed by atoms with Gasteiger partial charge in [-0.3, -0.25) is 4.90 Å². The Balaban J connectivity index is 1.28. The van der Waals surface area contributed by atoms with Crippen LogP contribution in [-0.4, -0.2) is 56.7 Å². The lowest BCUT2D eigenvalue weighted by molar-refractivity contribution is -0.215. The number of nitrogens with zero attached hydrogens (tertiary/aromatic N) is 1. The van der Waals surface area contributed by atoms with Crippen molar-refractivity contribution in [2.24, 2.45) is 28.6 Å². The van der Waals surface area contributed by atoms with Crippen molar-refractivity contribution in [3.05, 3.63) is 47.6 Å². The fourth-order valence-electron chi connectivity index (χ4n) is 9.42. The van der Waals surface area contributed by atoms with E-state index in [2.05, 4.69) is 50.3 Å². The lowest BCUT2D eigenvalue weighted by Crippen LogP contribution is -2.54. The van der Waals surface area contributed by atoms with Crippen molar-refractivity contribution in [2.75, 3.05) is 38.4 Å². The Morgan fingerprint density at radius 2 is 1.62 bits per heavy atom. The molecule has 2 saturated carbocycles. The predicted octanol–water partition coefficient (Wildman–Crippen LogP) is 7.11. The van der Waals surface area contributed by atoms with Gasteiger partial charge < -0.3 is 23.7 Å². The van der Waals surface area contributed by atoms with Crippen LogP contribution in [0.5, 0.6) is 0 Å². The molecule has 4 aliphatic carbocycles. The molecule has 5 unspecified atom stereocenters. The van der Waals surface area contributed by atoms with Crippen molar-refractivity contribution in [1.29, 1.82) is 0 Å². The number of allylic oxidation sites excluding steroid dienone is 2. The van der Waals surface area contributed by atoms with Crippen molar-refractivity contribution in [2.45, 2.75) is 90.3 Å². The van der Waals surface area contributed by atoms with Crippen LogP contribution in [0.25, 0.3) is 5.57 Å². The number of rotatable bonds is 2. The Labute approximate surface area is 250 Å². The summed E-state index contributed by atoms with van der Waals surface area (Å²) in [5, 5.41) is 0. The number of fused-ring (bicyclic) bond motifs is 6. The third kappa shape index (κ3) is 4.25. The van der Waals surface area contributed by atoms with Crippen LogP contribution in [0.15, 0.2) is 42.0 Å². The van der Waals surface area contributed by atoms with Crippen molar-refractivity contribution in [3.8, 4) is 0 Å². The molecule has 0 aromatic heterocycles. The van der Waals surface area contributed by atoms with E-state index in [0.29, 0.717) is 44.2 Å². The zero-order valence-corrected chi connectivity index (χ0v) is 26.2. The Morgan fingerprint density at radius 1 is 0.952 bits per heavy atom. The van der Waals surface area contributed by atoms with Gasteiger partial charge in [0.2, 0.25) is 0 Å². The highest BCUT2D eigenvalue weighted by molar-refractivity contribution is 5.87. The van der Waals surface area contributed by atoms with Crippen molar-refractivity contribution in [3.63, 3.8) is 0 Å². The zero-order chi connectivity index (χ0) is 29.5. The maximum atomic E-state index is 12.8. The topological polar surface area (TPSA) is 66.5 Å². The van der Waals surface area contributed by atoms with Gasteiger partial charge in [-0.25, -0.2) is 4.79 Å². The fraction of sp³-hybridized carbons (Fsp3) is 0.686. The molecule has 2 saturated heterocycles. The number of ether oxygens (including phenoxy) is 5. The molecular weight excluding hydrogens is 530 g/mol. The Bertz CT molecular complexity index is 1300. The molecule has 6 aliphatic rings. The standard InChI is InChI=1S/C35H47NO6/c1-31(2,3)42-30(37)36(6)25-10-7-23(8-11-25)27-22-33(5)28(13-14-35(33)40-19-20-41-35)26-12-9-24-21-34(38-17-18-39-34)16-15-32(24,4)29(26)27/h7-11,22,26,28-29H,12-21H2,1-6H3. The summed E-state index contributed by atoms with van der Waals surface area (Å²) in [5.74, 6) is 0.381. The summed E-state index contributed by atoms with van der Waals surface area (Å²) in [6.07, 6.45) is 10.7. The molecular formula is C35H47NO6. The molecule has 2 spiro atoms. The van der Waals surface area contributed by atoms with Crippen molar-refractivity contribution >= 4 is 17.4 Å². The van der Waals surface area contributed by atoms with Crippen LogP contribution in [0.2, 0.25) is 0 Å². The van der Waals surface area contributed by atoms with Gasteiger partial charge >= 0.3 is 6.09 Å². The maximum absolute atomic E-state index is 12.8. The summed E-state index contributed by atoms with van der Waals surface area (Å²) in [5.41, 5.74) is 4.18. The van der Waals surface area contributed by atoms with E-state index >= 15 is 0 Å². The van der Waals surface area contributed by atoms with Crippen LogP contribution in [0.1, 0.15) is 78.7 Å². The van der Waals surface area contributed by atoms with E-state index < -0.39 is 17.2 Å². The van der Waals surface area contributed by atoms with Gasteiger partial charge in [0, 0.05) is 37.4 Å². The van der Waals surface area contributed by atoms with Crippen LogP contribution in [0, 0.1) is 28.6 Å². The SMILES string of the molecule is CN(C(=O)OC(C)(C)C)c1ccc(C2=CC3(C)C(CCC34OCCO4)C3CC=C4CC5(CCC4(C)C23)OCCO5)cc1. The minimum Gasteiger partial charge on any atom is -0.443 e. The molecule has 7 rings (SSSR count). The lowest BCUT2D eigenvalue weighted by atomic mass is 9.47. The molecule has 7 heteroatoms. The first-order valence-electron chi connectivity index (χ1n) is 15.9. The Hall–Kier alpha value is -2.19. The third-order valence-electron chi connectivity index (χ3n) is 11.5. The van der Waals surface area contributed by atoms with Gasteiger partial charge in [-0.2, -0.15) is 0 Å². The van der Waals surface area contributed by atoms with Gasteiger partial charge in [0.05, 0.1) is 26.4 Å². The van der Waals surface area contributed by atoms with E-state index in [1.54, 1.807) is 11.9 Å². The average molecular weight is 578 g/mol. The van der Waals surface area contributed by atoms with Gasteiger partial charge in [0.15, 0.2) is 11.6 Å². The number of carbonyl (C=O) groups is 1. The summed E-state index contributed by atoms with van der Waals surface area (Å²) in [4.78, 5) is 14.4. The second-order valence-electron chi connectivity index (χ2n) is 14.9. The minimum atomic E-state index is -0.546. The van der Waals surface area contributed by atoms with Crippen LogP contribution in [0.3, 0.4) is 0 Å². The van der Waals surface area contributed by atoms with E-state index in [-0.39, 0.29) is 16.9 Å². The van der Waals surface area contributed by atoms with Crippen LogP contribution in [0.4, 0.5) is 10.5 Å². The number of hydrogen-bond donors (Lipinski definition) is 0. The smallest absolute Gasteiger partial charge is 0.414 e. The number of amides is 1. The molecule has 1 amide bonds. The summed E-state index contributed by atoms with van der Waals surface area (Å²) in [6, 6.07) is 8.48. The largest absolute Gasteiger partial charge is 0.443 e. The molecule has 5 atom stereocenters. The number of benzene rings is 1. The molecule has 2 aliphatic heterocycles. The monoisotopic (exact) mass is 577 g/mol. The first-order chi connectivity index (χ1) is 19.9. The highest BCUT2D eigenvalue weighted by Gasteiger charge is 2.67. The van der Waals surface area contributed by atoms with Gasteiger partial charge in [-0.15, -0.1) is 0 Å². The molecule has 228 valence electrons. The third-order valence-corrected chi connectivity index (χ3v) is 11.5. The summed E-state index contributed by atoms with van der Waals surface area (Å²) in [7, 11) is 1.77. The molecule has 0 bridgehead atoms. The van der Waals surface area contributed by atoms with Crippen LogP contribution < -0.4 is 4.90 Å². The molecule has 42 heavy (non-hydrogen) atoms. The second kappa shape index (κ2) is 9.65. The van der Waals surface area contributed by atoms with Gasteiger partial charge in [-0.05, 0) is 86.5 Å². The normalized spacial score (nSPS) is 36.2. The fourth-order valence-corrected chi connectivity index (χ4v) is 9.42. The van der Waals surface area contributed by atoms with Gasteiger partial charge in [0.25, 0.3) is 0 Å². The minimum absolute atomic E-state index is 0.0236. The summed E-state index contributed by atoms with van der Waals surface area (Å²) in [6.45, 7) is 13.2. The number of anilines is 1. The van der Waals surface area contributed by atoms with E-state index in [4.69, 9.17) is 23.7 Å². The number of hydrogen-bond acceptors (Lipinski definition) is 6. The van der Waals surface area contributed by atoms with Gasteiger partial charge in [-0.1, -0.05) is 43.7 Å². The van der Waals surface area contributed by atoms with Crippen LogP contribution in [-0.2, 0) is 23.7 Å². The molecule has 2 heterocycles. The van der Waals surface area contributed by atoms with Crippen LogP contribution >= 0.6 is 0 Å². The number of carbonyl (C=O) groups excluding carboxylic acids is 1. The first-order valence-corrected chi connectivity index (χ1v) is 15.9. The van der Waals surface area contributed by atoms with Crippen molar-refractivity contribution in [1.82, 2.24) is 0 Å². The molecule has 1 aromatic rings. The molecule has 0 radical (unpaired) electrons. The Kier molecular flexibility index (Phi) is 6.57.